The molecule has 0 aliphatic rings. The third-order valence-corrected chi connectivity index (χ3v) is 1.95. The maximum atomic E-state index is 13.2. The second-order valence-corrected chi connectivity index (χ2v) is 3.20. The predicted octanol–water partition coefficient (Wildman–Crippen LogP) is 2.22. The van der Waals surface area contributed by atoms with E-state index < -0.39 is 18.6 Å². The number of aliphatic hydroxyl groups is 1. The highest BCUT2D eigenvalue weighted by Crippen LogP contribution is 2.21. The number of hydrogen-bond donors (Lipinski definition) is 2. The summed E-state index contributed by atoms with van der Waals surface area (Å²) >= 11 is 5.51. The summed E-state index contributed by atoms with van der Waals surface area (Å²) in [5.41, 5.74) is 0.157. The fraction of sp³-hybridized carbons (Fsp3) is 0.333. The molecule has 0 amide bonds. The number of halogens is 3. The van der Waals surface area contributed by atoms with Crippen LogP contribution in [0.15, 0.2) is 18.2 Å². The number of aliphatic hydroxyl groups excluding tert-OH is 1. The number of nitrogens with one attached hydrogen (secondary N) is 1. The average molecular weight is 222 g/mol. The molecule has 0 aliphatic heterocycles. The van der Waals surface area contributed by atoms with Gasteiger partial charge in [0.15, 0.2) is 5.82 Å². The molecule has 0 aliphatic carbocycles. The van der Waals surface area contributed by atoms with Crippen LogP contribution in [-0.4, -0.2) is 24.4 Å². The molecule has 2 N–H and O–H groups in total. The molecule has 0 spiro atoms. The van der Waals surface area contributed by atoms with Crippen molar-refractivity contribution in [3.63, 3.8) is 0 Å². The summed E-state index contributed by atoms with van der Waals surface area (Å²) in [6.45, 7) is -0.914. The van der Waals surface area contributed by atoms with Crippen molar-refractivity contribution in [2.45, 2.75) is 6.10 Å². The van der Waals surface area contributed by atoms with Gasteiger partial charge in [-0.2, -0.15) is 0 Å². The highest BCUT2D eigenvalue weighted by atomic mass is 35.5. The molecule has 78 valence electrons. The van der Waals surface area contributed by atoms with Crippen molar-refractivity contribution < 1.29 is 13.9 Å². The quantitative estimate of drug-likeness (QED) is 0.817. The predicted molar refractivity (Wildman–Crippen MR) is 51.9 cm³/mol. The van der Waals surface area contributed by atoms with Crippen LogP contribution in [-0.2, 0) is 0 Å². The van der Waals surface area contributed by atoms with Gasteiger partial charge in [-0.3, -0.25) is 0 Å². The lowest BCUT2D eigenvalue weighted by Gasteiger charge is -2.10. The van der Waals surface area contributed by atoms with Crippen molar-refractivity contribution in [3.8, 4) is 0 Å². The fourth-order valence-corrected chi connectivity index (χ4v) is 1.10. The van der Waals surface area contributed by atoms with E-state index in [9.17, 15) is 8.78 Å². The van der Waals surface area contributed by atoms with Crippen LogP contribution in [0, 0.1) is 5.82 Å². The second kappa shape index (κ2) is 5.12. The first-order valence-electron chi connectivity index (χ1n) is 4.07. The third-order valence-electron chi connectivity index (χ3n) is 1.66. The number of hydrogen-bond acceptors (Lipinski definition) is 2. The van der Waals surface area contributed by atoms with Crippen LogP contribution in [0.3, 0.4) is 0 Å². The molecule has 1 rings (SSSR count). The summed E-state index contributed by atoms with van der Waals surface area (Å²) in [6, 6.07) is 4.44. The van der Waals surface area contributed by atoms with E-state index >= 15 is 0 Å². The molecule has 0 heterocycles. The Hall–Kier alpha value is -0.870. The normalized spacial score (nSPS) is 12.6. The zero-order valence-corrected chi connectivity index (χ0v) is 8.06. The molecule has 0 radical (unpaired) electrons. The van der Waals surface area contributed by atoms with Crippen LogP contribution in [0.25, 0.3) is 0 Å². The number of anilines is 1. The van der Waals surface area contributed by atoms with Gasteiger partial charge in [-0.15, -0.1) is 0 Å². The Bertz CT molecular complexity index is 309. The standard InChI is InChI=1S/C9H10ClF2NO/c10-7-2-1-3-8(9(7)12)13-5-6(14)4-11/h1-3,6,13-14H,4-5H2. The van der Waals surface area contributed by atoms with Crippen molar-refractivity contribution >= 4 is 17.3 Å². The molecule has 1 aromatic rings. The van der Waals surface area contributed by atoms with Gasteiger partial charge in [0, 0.05) is 6.54 Å². The maximum absolute atomic E-state index is 13.2. The highest BCUT2D eigenvalue weighted by Gasteiger charge is 2.07. The highest BCUT2D eigenvalue weighted by molar-refractivity contribution is 6.31. The van der Waals surface area contributed by atoms with Crippen LogP contribution in [0.5, 0.6) is 0 Å². The summed E-state index contributed by atoms with van der Waals surface area (Å²) < 4.78 is 25.0. The molecular weight excluding hydrogens is 212 g/mol. The van der Waals surface area contributed by atoms with E-state index in [1.54, 1.807) is 6.07 Å². The van der Waals surface area contributed by atoms with Crippen molar-refractivity contribution in [3.05, 3.63) is 29.0 Å². The van der Waals surface area contributed by atoms with E-state index in [0.717, 1.165) is 0 Å². The Labute approximate surface area is 85.5 Å². The molecule has 1 unspecified atom stereocenters. The molecule has 0 saturated carbocycles. The Balaban J connectivity index is 2.63. The van der Waals surface area contributed by atoms with E-state index in [1.165, 1.54) is 12.1 Å². The number of rotatable bonds is 4. The number of alkyl halides is 1. The van der Waals surface area contributed by atoms with E-state index in [0.29, 0.717) is 0 Å². The monoisotopic (exact) mass is 221 g/mol. The first-order valence-corrected chi connectivity index (χ1v) is 4.45. The smallest absolute Gasteiger partial charge is 0.164 e. The van der Waals surface area contributed by atoms with E-state index in [-0.39, 0.29) is 17.3 Å². The lowest BCUT2D eigenvalue weighted by Crippen LogP contribution is -2.21. The van der Waals surface area contributed by atoms with Gasteiger partial charge in [-0.1, -0.05) is 17.7 Å². The van der Waals surface area contributed by atoms with Gasteiger partial charge in [-0.05, 0) is 12.1 Å². The molecule has 0 fully saturated rings. The molecule has 2 nitrogen and oxygen atoms in total. The van der Waals surface area contributed by atoms with E-state index in [1.807, 2.05) is 0 Å². The number of benzene rings is 1. The minimum absolute atomic E-state index is 0.00950. The largest absolute Gasteiger partial charge is 0.389 e. The van der Waals surface area contributed by atoms with Gasteiger partial charge in [0.25, 0.3) is 0 Å². The minimum atomic E-state index is -1.13. The van der Waals surface area contributed by atoms with Crippen LogP contribution >= 0.6 is 11.6 Å². The van der Waals surface area contributed by atoms with E-state index in [2.05, 4.69) is 5.32 Å². The Morgan fingerprint density at radius 3 is 2.86 bits per heavy atom. The zero-order chi connectivity index (χ0) is 10.6. The van der Waals surface area contributed by atoms with Crippen molar-refractivity contribution in [1.29, 1.82) is 0 Å². The SMILES string of the molecule is OC(CF)CNc1cccc(Cl)c1F. The van der Waals surface area contributed by atoms with Crippen LogP contribution in [0.1, 0.15) is 0 Å². The van der Waals surface area contributed by atoms with Crippen molar-refractivity contribution in [2.75, 3.05) is 18.5 Å². The van der Waals surface area contributed by atoms with Gasteiger partial charge < -0.3 is 10.4 Å². The second-order valence-electron chi connectivity index (χ2n) is 2.79. The van der Waals surface area contributed by atoms with Gasteiger partial charge in [0.1, 0.15) is 6.67 Å². The molecule has 14 heavy (non-hydrogen) atoms. The van der Waals surface area contributed by atoms with Gasteiger partial charge >= 0.3 is 0 Å². The summed E-state index contributed by atoms with van der Waals surface area (Å²) in [6.07, 6.45) is -1.13. The summed E-state index contributed by atoms with van der Waals surface area (Å²) in [4.78, 5) is 0. The Morgan fingerprint density at radius 1 is 1.50 bits per heavy atom. The Kier molecular flexibility index (Phi) is 4.10. The summed E-state index contributed by atoms with van der Waals surface area (Å²) in [7, 11) is 0. The first-order chi connectivity index (χ1) is 6.65. The summed E-state index contributed by atoms with van der Waals surface area (Å²) in [5.74, 6) is -0.597. The summed E-state index contributed by atoms with van der Waals surface area (Å²) in [5, 5.41) is 11.4. The third kappa shape index (κ3) is 2.82. The minimum Gasteiger partial charge on any atom is -0.389 e. The van der Waals surface area contributed by atoms with Crippen LogP contribution in [0.4, 0.5) is 14.5 Å². The molecule has 1 aromatic carbocycles. The van der Waals surface area contributed by atoms with Crippen LogP contribution < -0.4 is 5.32 Å². The molecule has 5 heteroatoms. The van der Waals surface area contributed by atoms with Crippen molar-refractivity contribution in [2.24, 2.45) is 0 Å². The lowest BCUT2D eigenvalue weighted by atomic mass is 10.3. The van der Waals surface area contributed by atoms with Gasteiger partial charge in [-0.25, -0.2) is 8.78 Å². The topological polar surface area (TPSA) is 32.3 Å². The van der Waals surface area contributed by atoms with Crippen LogP contribution in [0.2, 0.25) is 5.02 Å². The van der Waals surface area contributed by atoms with Gasteiger partial charge in [0.2, 0.25) is 0 Å². The molecule has 0 saturated heterocycles. The average Bonchev–Trinajstić information content (AvgIpc) is 2.20. The molecule has 0 aromatic heterocycles. The maximum Gasteiger partial charge on any atom is 0.164 e. The zero-order valence-electron chi connectivity index (χ0n) is 7.30. The van der Waals surface area contributed by atoms with E-state index in [4.69, 9.17) is 16.7 Å². The lowest BCUT2D eigenvalue weighted by molar-refractivity contribution is 0.151. The molecular formula is C9H10ClF2NO. The molecule has 0 bridgehead atoms. The van der Waals surface area contributed by atoms with Crippen molar-refractivity contribution in [1.82, 2.24) is 0 Å². The molecule has 1 atom stereocenters. The fourth-order valence-electron chi connectivity index (χ4n) is 0.923. The first kappa shape index (κ1) is 11.2. The Morgan fingerprint density at radius 2 is 2.21 bits per heavy atom. The van der Waals surface area contributed by atoms with Gasteiger partial charge in [0.05, 0.1) is 16.8 Å².